The van der Waals surface area contributed by atoms with Crippen LogP contribution in [0.4, 0.5) is 0 Å². The Labute approximate surface area is 70.1 Å². The summed E-state index contributed by atoms with van der Waals surface area (Å²) < 4.78 is 9.81. The molecule has 12 heavy (non-hydrogen) atoms. The highest BCUT2D eigenvalue weighted by atomic mass is 16.5. The number of aldehydes is 1. The maximum absolute atomic E-state index is 10.6. The van der Waals surface area contributed by atoms with Crippen LogP contribution in [0, 0.1) is 0 Å². The summed E-state index contributed by atoms with van der Waals surface area (Å²) in [7, 11) is 2.95. The average molecular weight is 167 g/mol. The minimum Gasteiger partial charge on any atom is -0.494 e. The summed E-state index contributed by atoms with van der Waals surface area (Å²) in [6.07, 6.45) is 3.61. The van der Waals surface area contributed by atoms with E-state index in [1.807, 2.05) is 0 Å². The quantitative estimate of drug-likeness (QED) is 0.628. The van der Waals surface area contributed by atoms with E-state index in [0.717, 1.165) is 0 Å². The van der Waals surface area contributed by atoms with E-state index < -0.39 is 0 Å². The Kier molecular flexibility index (Phi) is 2.63. The first-order chi connectivity index (χ1) is 5.83. The Morgan fingerprint density at radius 2 is 1.75 bits per heavy atom. The topological polar surface area (TPSA) is 48.4 Å². The first-order valence-corrected chi connectivity index (χ1v) is 3.34. The maximum Gasteiger partial charge on any atom is 0.157 e. The van der Waals surface area contributed by atoms with Crippen LogP contribution >= 0.6 is 0 Å². The molecule has 0 fully saturated rings. The van der Waals surface area contributed by atoms with Crippen molar-refractivity contribution in [1.29, 1.82) is 0 Å². The van der Waals surface area contributed by atoms with E-state index in [-0.39, 0.29) is 0 Å². The van der Waals surface area contributed by atoms with Gasteiger partial charge in [0.1, 0.15) is 5.56 Å². The Balaban J connectivity index is 3.21. The van der Waals surface area contributed by atoms with Crippen LogP contribution in [0.2, 0.25) is 0 Å². The fourth-order valence-corrected chi connectivity index (χ4v) is 0.875. The smallest absolute Gasteiger partial charge is 0.157 e. The van der Waals surface area contributed by atoms with Crippen LogP contribution in [-0.2, 0) is 0 Å². The van der Waals surface area contributed by atoms with E-state index in [1.54, 1.807) is 0 Å². The lowest BCUT2D eigenvalue weighted by molar-refractivity contribution is 0.111. The molecule has 1 rings (SSSR count). The van der Waals surface area contributed by atoms with Crippen molar-refractivity contribution in [2.24, 2.45) is 0 Å². The summed E-state index contributed by atoms with van der Waals surface area (Å²) in [5, 5.41) is 0. The molecule has 0 aliphatic rings. The van der Waals surface area contributed by atoms with Crippen LogP contribution in [0.15, 0.2) is 12.4 Å². The van der Waals surface area contributed by atoms with Crippen molar-refractivity contribution in [3.05, 3.63) is 18.0 Å². The van der Waals surface area contributed by atoms with Gasteiger partial charge in [0.25, 0.3) is 0 Å². The predicted octanol–water partition coefficient (Wildman–Crippen LogP) is 0.911. The van der Waals surface area contributed by atoms with Crippen LogP contribution < -0.4 is 9.47 Å². The van der Waals surface area contributed by atoms with Gasteiger partial charge in [-0.15, -0.1) is 0 Å². The van der Waals surface area contributed by atoms with E-state index in [4.69, 9.17) is 9.47 Å². The molecule has 0 aliphatic carbocycles. The van der Waals surface area contributed by atoms with E-state index in [2.05, 4.69) is 4.98 Å². The molecule has 0 bridgehead atoms. The molecule has 0 spiro atoms. The van der Waals surface area contributed by atoms with Crippen molar-refractivity contribution < 1.29 is 14.3 Å². The predicted molar refractivity (Wildman–Crippen MR) is 42.7 cm³/mol. The Hall–Kier alpha value is -1.58. The van der Waals surface area contributed by atoms with Gasteiger partial charge in [0.2, 0.25) is 0 Å². The SMILES string of the molecule is COc1cncc(OC)c1C=O. The number of hydrogen-bond donors (Lipinski definition) is 0. The summed E-state index contributed by atoms with van der Waals surface area (Å²) in [5.74, 6) is 0.841. The van der Waals surface area contributed by atoms with Crippen molar-refractivity contribution in [2.45, 2.75) is 0 Å². The van der Waals surface area contributed by atoms with Crippen molar-refractivity contribution >= 4 is 6.29 Å². The fourth-order valence-electron chi connectivity index (χ4n) is 0.875. The minimum atomic E-state index is 0.384. The van der Waals surface area contributed by atoms with Crippen LogP contribution in [-0.4, -0.2) is 25.5 Å². The first-order valence-electron chi connectivity index (χ1n) is 3.34. The zero-order chi connectivity index (χ0) is 8.97. The monoisotopic (exact) mass is 167 g/mol. The molecule has 1 heterocycles. The Bertz CT molecular complexity index is 263. The zero-order valence-corrected chi connectivity index (χ0v) is 6.90. The second kappa shape index (κ2) is 3.71. The van der Waals surface area contributed by atoms with Gasteiger partial charge in [0, 0.05) is 0 Å². The third-order valence-electron chi connectivity index (χ3n) is 1.47. The van der Waals surface area contributed by atoms with E-state index in [9.17, 15) is 4.79 Å². The third-order valence-corrected chi connectivity index (χ3v) is 1.47. The molecule has 0 aromatic carbocycles. The molecule has 1 aromatic rings. The van der Waals surface area contributed by atoms with Crippen LogP contribution in [0.25, 0.3) is 0 Å². The number of rotatable bonds is 3. The number of hydrogen-bond acceptors (Lipinski definition) is 4. The van der Waals surface area contributed by atoms with Crippen LogP contribution in [0.1, 0.15) is 10.4 Å². The Morgan fingerprint density at radius 1 is 1.25 bits per heavy atom. The minimum absolute atomic E-state index is 0.384. The molecule has 0 unspecified atom stereocenters. The number of nitrogens with zero attached hydrogens (tertiary/aromatic N) is 1. The average Bonchev–Trinajstić information content (AvgIpc) is 2.16. The van der Waals surface area contributed by atoms with Gasteiger partial charge in [-0.1, -0.05) is 0 Å². The van der Waals surface area contributed by atoms with Crippen LogP contribution in [0.3, 0.4) is 0 Å². The summed E-state index contributed by atoms with van der Waals surface area (Å²) in [6, 6.07) is 0. The van der Waals surface area contributed by atoms with Gasteiger partial charge in [-0.2, -0.15) is 0 Å². The highest BCUT2D eigenvalue weighted by Crippen LogP contribution is 2.23. The summed E-state index contributed by atoms with van der Waals surface area (Å²) in [5.41, 5.74) is 0.384. The number of carbonyl (C=O) groups is 1. The first kappa shape index (κ1) is 8.52. The zero-order valence-electron chi connectivity index (χ0n) is 6.90. The molecule has 0 saturated heterocycles. The van der Waals surface area contributed by atoms with Crippen molar-refractivity contribution in [3.8, 4) is 11.5 Å². The summed E-state index contributed by atoms with van der Waals surface area (Å²) in [6.45, 7) is 0. The molecule has 0 aliphatic heterocycles. The number of methoxy groups -OCH3 is 2. The molecule has 0 atom stereocenters. The van der Waals surface area contributed by atoms with Gasteiger partial charge in [-0.3, -0.25) is 9.78 Å². The lowest BCUT2D eigenvalue weighted by Gasteiger charge is -2.06. The van der Waals surface area contributed by atoms with Crippen molar-refractivity contribution in [1.82, 2.24) is 4.98 Å². The molecule has 4 nitrogen and oxygen atoms in total. The van der Waals surface area contributed by atoms with E-state index in [0.29, 0.717) is 23.3 Å². The van der Waals surface area contributed by atoms with E-state index in [1.165, 1.54) is 26.6 Å². The normalized spacial score (nSPS) is 9.17. The molecular weight excluding hydrogens is 158 g/mol. The molecule has 0 radical (unpaired) electrons. The van der Waals surface area contributed by atoms with Gasteiger partial charge in [-0.05, 0) is 0 Å². The lowest BCUT2D eigenvalue weighted by atomic mass is 10.2. The van der Waals surface area contributed by atoms with Crippen molar-refractivity contribution in [3.63, 3.8) is 0 Å². The molecule has 0 saturated carbocycles. The number of ether oxygens (including phenoxy) is 2. The molecule has 4 heteroatoms. The number of aromatic nitrogens is 1. The lowest BCUT2D eigenvalue weighted by Crippen LogP contribution is -1.96. The van der Waals surface area contributed by atoms with Crippen molar-refractivity contribution in [2.75, 3.05) is 14.2 Å². The Morgan fingerprint density at radius 3 is 2.08 bits per heavy atom. The highest BCUT2D eigenvalue weighted by Gasteiger charge is 2.08. The van der Waals surface area contributed by atoms with Gasteiger partial charge >= 0.3 is 0 Å². The summed E-state index contributed by atoms with van der Waals surface area (Å²) in [4.78, 5) is 14.4. The second-order valence-electron chi connectivity index (χ2n) is 2.08. The van der Waals surface area contributed by atoms with Gasteiger partial charge in [0.05, 0.1) is 26.6 Å². The number of pyridine rings is 1. The van der Waals surface area contributed by atoms with Crippen LogP contribution in [0.5, 0.6) is 11.5 Å². The summed E-state index contributed by atoms with van der Waals surface area (Å²) >= 11 is 0. The molecule has 1 aromatic heterocycles. The second-order valence-corrected chi connectivity index (χ2v) is 2.08. The van der Waals surface area contributed by atoms with E-state index >= 15 is 0 Å². The fraction of sp³-hybridized carbons (Fsp3) is 0.250. The standard InChI is InChI=1S/C8H9NO3/c1-11-7-3-9-4-8(12-2)6(7)5-10/h3-5H,1-2H3. The molecule has 64 valence electrons. The highest BCUT2D eigenvalue weighted by molar-refractivity contribution is 5.83. The molecular formula is C8H9NO3. The third kappa shape index (κ3) is 1.37. The number of carbonyl (C=O) groups excluding carboxylic acids is 1. The van der Waals surface area contributed by atoms with Gasteiger partial charge < -0.3 is 9.47 Å². The largest absolute Gasteiger partial charge is 0.494 e. The molecule has 0 amide bonds. The maximum atomic E-state index is 10.6. The van der Waals surface area contributed by atoms with Gasteiger partial charge in [-0.25, -0.2) is 0 Å². The van der Waals surface area contributed by atoms with Gasteiger partial charge in [0.15, 0.2) is 17.8 Å². The molecule has 0 N–H and O–H groups in total.